The number of ether oxygens (including phenoxy) is 1. The number of carbonyl (C=O) groups is 1. The van der Waals surface area contributed by atoms with E-state index in [0.29, 0.717) is 12.2 Å². The number of nitriles is 1. The van der Waals surface area contributed by atoms with Gasteiger partial charge in [0.05, 0.1) is 18.1 Å². The quantitative estimate of drug-likeness (QED) is 0.467. The summed E-state index contributed by atoms with van der Waals surface area (Å²) in [5.41, 5.74) is 2.50. The van der Waals surface area contributed by atoms with Crippen LogP contribution in [0.1, 0.15) is 6.42 Å². The molecular formula is C18H16N4O2S2. The van der Waals surface area contributed by atoms with Gasteiger partial charge in [0.1, 0.15) is 11.2 Å². The van der Waals surface area contributed by atoms with Gasteiger partial charge in [0, 0.05) is 28.8 Å². The minimum atomic E-state index is -0.0593. The molecule has 1 heterocycles. The summed E-state index contributed by atoms with van der Waals surface area (Å²) in [5.74, 6) is 1.33. The molecule has 1 aromatic heterocycles. The van der Waals surface area contributed by atoms with Gasteiger partial charge in [-0.25, -0.2) is 4.98 Å². The van der Waals surface area contributed by atoms with Crippen molar-refractivity contribution in [1.82, 2.24) is 9.97 Å². The van der Waals surface area contributed by atoms with Gasteiger partial charge in [0.15, 0.2) is 5.16 Å². The van der Waals surface area contributed by atoms with Crippen molar-refractivity contribution in [3.8, 4) is 11.2 Å². The number of carbonyl (C=O) groups excluding carboxylic acids is 1. The van der Waals surface area contributed by atoms with E-state index >= 15 is 0 Å². The second kappa shape index (κ2) is 8.65. The highest BCUT2D eigenvalue weighted by Gasteiger charge is 2.07. The number of hydrogen-bond acceptors (Lipinski definition) is 6. The average molecular weight is 384 g/mol. The first-order chi connectivity index (χ1) is 12.7. The average Bonchev–Trinajstić information content (AvgIpc) is 3.05. The van der Waals surface area contributed by atoms with E-state index in [0.717, 1.165) is 44.3 Å². The molecule has 0 saturated heterocycles. The maximum absolute atomic E-state index is 12.0. The maximum Gasteiger partial charge on any atom is 0.225 e. The summed E-state index contributed by atoms with van der Waals surface area (Å²) in [6, 6.07) is 12.9. The summed E-state index contributed by atoms with van der Waals surface area (Å²) < 4.78 is 5.20. The fourth-order valence-electron chi connectivity index (χ4n) is 2.28. The molecule has 0 bridgehead atoms. The fourth-order valence-corrected chi connectivity index (χ4v) is 3.49. The topological polar surface area (TPSA) is 90.8 Å². The van der Waals surface area contributed by atoms with Crippen LogP contribution < -0.4 is 10.1 Å². The lowest BCUT2D eigenvalue weighted by Gasteiger charge is -2.05. The molecule has 0 radical (unpaired) electrons. The van der Waals surface area contributed by atoms with E-state index in [1.807, 2.05) is 23.6 Å². The number of benzene rings is 2. The first-order valence-electron chi connectivity index (χ1n) is 7.80. The number of H-pyrrole nitrogens is 1. The second-order valence-electron chi connectivity index (χ2n) is 5.29. The van der Waals surface area contributed by atoms with E-state index in [1.54, 1.807) is 31.4 Å². The van der Waals surface area contributed by atoms with Crippen LogP contribution in [0, 0.1) is 10.7 Å². The third-order valence-electron chi connectivity index (χ3n) is 3.54. The summed E-state index contributed by atoms with van der Waals surface area (Å²) in [4.78, 5) is 20.6. The zero-order valence-electron chi connectivity index (χ0n) is 14.0. The predicted octanol–water partition coefficient (Wildman–Crippen LogP) is 4.27. The van der Waals surface area contributed by atoms with Crippen molar-refractivity contribution >= 4 is 46.2 Å². The van der Waals surface area contributed by atoms with E-state index in [2.05, 4.69) is 15.3 Å². The molecular weight excluding hydrogens is 368 g/mol. The Morgan fingerprint density at radius 1 is 1.31 bits per heavy atom. The van der Waals surface area contributed by atoms with E-state index in [-0.39, 0.29) is 5.91 Å². The molecule has 6 nitrogen and oxygen atoms in total. The highest BCUT2D eigenvalue weighted by atomic mass is 32.2. The van der Waals surface area contributed by atoms with Gasteiger partial charge in [0.2, 0.25) is 5.91 Å². The van der Waals surface area contributed by atoms with Crippen LogP contribution in [0.5, 0.6) is 5.75 Å². The number of rotatable bonds is 7. The number of aromatic amines is 1. The Morgan fingerprint density at radius 2 is 2.12 bits per heavy atom. The monoisotopic (exact) mass is 384 g/mol. The number of methoxy groups -OCH3 is 1. The van der Waals surface area contributed by atoms with Gasteiger partial charge in [-0.1, -0.05) is 11.8 Å². The van der Waals surface area contributed by atoms with Crippen molar-refractivity contribution in [2.75, 3.05) is 18.2 Å². The first kappa shape index (κ1) is 18.2. The molecule has 0 aliphatic carbocycles. The maximum atomic E-state index is 12.0. The minimum Gasteiger partial charge on any atom is -0.497 e. The van der Waals surface area contributed by atoms with E-state index < -0.39 is 0 Å². The van der Waals surface area contributed by atoms with Gasteiger partial charge in [0.25, 0.3) is 0 Å². The minimum absolute atomic E-state index is 0.0593. The van der Waals surface area contributed by atoms with Crippen LogP contribution in [0.25, 0.3) is 11.0 Å². The smallest absolute Gasteiger partial charge is 0.225 e. The molecule has 2 N–H and O–H groups in total. The molecule has 0 atom stereocenters. The van der Waals surface area contributed by atoms with Crippen LogP contribution >= 0.6 is 23.5 Å². The SMILES string of the molecule is COc1ccc2nc(SCCC(=O)Nc3ccc(SC#N)cc3)[nH]c2c1. The molecule has 2 aromatic carbocycles. The number of thioether (sulfide) groups is 2. The number of anilines is 1. The highest BCUT2D eigenvalue weighted by molar-refractivity contribution is 8.03. The van der Waals surface area contributed by atoms with Gasteiger partial charge in [-0.3, -0.25) is 4.79 Å². The predicted molar refractivity (Wildman–Crippen MR) is 105 cm³/mol. The van der Waals surface area contributed by atoms with Gasteiger partial charge in [-0.05, 0) is 48.2 Å². The lowest BCUT2D eigenvalue weighted by molar-refractivity contribution is -0.115. The Hall–Kier alpha value is -2.63. The van der Waals surface area contributed by atoms with E-state index in [4.69, 9.17) is 10.00 Å². The summed E-state index contributed by atoms with van der Waals surface area (Å²) in [5, 5.41) is 14.3. The van der Waals surface area contributed by atoms with Crippen LogP contribution in [0.3, 0.4) is 0 Å². The van der Waals surface area contributed by atoms with Crippen molar-refractivity contribution in [2.45, 2.75) is 16.5 Å². The summed E-state index contributed by atoms with van der Waals surface area (Å²) in [7, 11) is 1.63. The molecule has 3 aromatic rings. The van der Waals surface area contributed by atoms with Crippen LogP contribution in [-0.4, -0.2) is 28.7 Å². The zero-order chi connectivity index (χ0) is 18.4. The van der Waals surface area contributed by atoms with Gasteiger partial charge in [-0.15, -0.1) is 0 Å². The van der Waals surface area contributed by atoms with Gasteiger partial charge in [-0.2, -0.15) is 5.26 Å². The van der Waals surface area contributed by atoms with Crippen LogP contribution in [-0.2, 0) is 4.79 Å². The summed E-state index contributed by atoms with van der Waals surface area (Å²) >= 11 is 2.59. The van der Waals surface area contributed by atoms with Crippen molar-refractivity contribution in [3.05, 3.63) is 42.5 Å². The molecule has 26 heavy (non-hydrogen) atoms. The van der Waals surface area contributed by atoms with Gasteiger partial charge >= 0.3 is 0 Å². The normalized spacial score (nSPS) is 10.5. The van der Waals surface area contributed by atoms with Crippen molar-refractivity contribution < 1.29 is 9.53 Å². The summed E-state index contributed by atoms with van der Waals surface area (Å²) in [6.07, 6.45) is 0.375. The Kier molecular flexibility index (Phi) is 6.04. The number of nitrogens with zero attached hydrogens (tertiary/aromatic N) is 2. The van der Waals surface area contributed by atoms with Crippen molar-refractivity contribution in [1.29, 1.82) is 5.26 Å². The molecule has 1 amide bonds. The number of aromatic nitrogens is 2. The molecule has 0 fully saturated rings. The van der Waals surface area contributed by atoms with Crippen molar-refractivity contribution in [2.24, 2.45) is 0 Å². The number of nitrogens with one attached hydrogen (secondary N) is 2. The Morgan fingerprint density at radius 3 is 2.85 bits per heavy atom. The lowest BCUT2D eigenvalue weighted by Crippen LogP contribution is -2.12. The third kappa shape index (κ3) is 4.71. The molecule has 0 aliphatic rings. The number of thiocyanates is 1. The molecule has 132 valence electrons. The third-order valence-corrected chi connectivity index (χ3v) is 5.01. The number of amides is 1. The molecule has 0 saturated carbocycles. The molecule has 0 spiro atoms. The molecule has 8 heteroatoms. The van der Waals surface area contributed by atoms with E-state index in [9.17, 15) is 4.79 Å². The summed E-state index contributed by atoms with van der Waals surface area (Å²) in [6.45, 7) is 0. The Labute approximate surface area is 159 Å². The largest absolute Gasteiger partial charge is 0.497 e. The Bertz CT molecular complexity index is 948. The van der Waals surface area contributed by atoms with Gasteiger partial charge < -0.3 is 15.0 Å². The van der Waals surface area contributed by atoms with Crippen LogP contribution in [0.4, 0.5) is 5.69 Å². The number of hydrogen-bond donors (Lipinski definition) is 2. The lowest BCUT2D eigenvalue weighted by atomic mass is 10.3. The Balaban J connectivity index is 1.49. The number of fused-ring (bicyclic) bond motifs is 1. The van der Waals surface area contributed by atoms with Crippen LogP contribution in [0.2, 0.25) is 0 Å². The number of imidazole rings is 1. The fraction of sp³-hybridized carbons (Fsp3) is 0.167. The van der Waals surface area contributed by atoms with Crippen LogP contribution in [0.15, 0.2) is 52.5 Å². The second-order valence-corrected chi connectivity index (χ2v) is 7.23. The van der Waals surface area contributed by atoms with Crippen molar-refractivity contribution in [3.63, 3.8) is 0 Å². The standard InChI is InChI=1S/C18H16N4O2S2/c1-24-13-4-7-15-16(10-13)22-18(21-15)25-9-8-17(23)20-12-2-5-14(6-3-12)26-11-19/h2-7,10H,8-9H2,1H3,(H,20,23)(H,21,22). The molecule has 3 rings (SSSR count). The molecule has 0 aliphatic heterocycles. The molecule has 0 unspecified atom stereocenters. The zero-order valence-corrected chi connectivity index (χ0v) is 15.6. The van der Waals surface area contributed by atoms with E-state index in [1.165, 1.54) is 11.8 Å². The highest BCUT2D eigenvalue weighted by Crippen LogP contribution is 2.24. The first-order valence-corrected chi connectivity index (χ1v) is 9.60.